The van der Waals surface area contributed by atoms with Crippen molar-refractivity contribution in [3.8, 4) is 0 Å². The molecule has 1 saturated carbocycles. The van der Waals surface area contributed by atoms with Crippen LogP contribution in [0.2, 0.25) is 0 Å². The van der Waals surface area contributed by atoms with Gasteiger partial charge in [0.05, 0.1) is 19.3 Å². The molecule has 2 rings (SSSR count). The van der Waals surface area contributed by atoms with E-state index < -0.39 is 0 Å². The third-order valence-electron chi connectivity index (χ3n) is 2.51. The summed E-state index contributed by atoms with van der Waals surface area (Å²) in [5, 5.41) is 9.50. The highest BCUT2D eigenvalue weighted by molar-refractivity contribution is 4.76. The Bertz CT molecular complexity index is 145. The van der Waals surface area contributed by atoms with Crippen LogP contribution in [0.3, 0.4) is 0 Å². The summed E-state index contributed by atoms with van der Waals surface area (Å²) in [6, 6.07) is 0. The van der Waals surface area contributed by atoms with E-state index in [4.69, 9.17) is 9.47 Å². The number of hydrogen-bond donors (Lipinski definition) is 1. The molecular weight excluding hydrogens is 156 g/mol. The molecule has 2 aliphatic rings. The van der Waals surface area contributed by atoms with Gasteiger partial charge in [-0.25, -0.2) is 0 Å². The largest absolute Gasteiger partial charge is 0.390 e. The molecule has 1 N–H and O–H groups in total. The van der Waals surface area contributed by atoms with Gasteiger partial charge < -0.3 is 14.6 Å². The lowest BCUT2D eigenvalue weighted by molar-refractivity contribution is -0.119. The van der Waals surface area contributed by atoms with Crippen molar-refractivity contribution in [3.05, 3.63) is 0 Å². The highest BCUT2D eigenvalue weighted by atomic mass is 16.5. The number of aliphatic hydroxyl groups excluding tert-OH is 1. The van der Waals surface area contributed by atoms with Crippen LogP contribution in [-0.4, -0.2) is 37.1 Å². The van der Waals surface area contributed by atoms with Crippen molar-refractivity contribution in [2.24, 2.45) is 5.92 Å². The van der Waals surface area contributed by atoms with E-state index in [1.165, 1.54) is 12.8 Å². The molecule has 2 unspecified atom stereocenters. The van der Waals surface area contributed by atoms with Crippen LogP contribution in [-0.2, 0) is 9.47 Å². The summed E-state index contributed by atoms with van der Waals surface area (Å²) in [6.07, 6.45) is 2.93. The number of hydrogen-bond acceptors (Lipinski definition) is 3. The summed E-state index contributed by atoms with van der Waals surface area (Å²) >= 11 is 0. The first-order chi connectivity index (χ1) is 5.86. The summed E-state index contributed by atoms with van der Waals surface area (Å²) in [5.74, 6) is 0.763. The predicted octanol–water partition coefficient (Wildman–Crippen LogP) is 0.563. The maximum absolute atomic E-state index is 9.50. The van der Waals surface area contributed by atoms with Gasteiger partial charge in [-0.15, -0.1) is 0 Å². The lowest BCUT2D eigenvalue weighted by atomic mass is 10.1. The van der Waals surface area contributed by atoms with Gasteiger partial charge in [0.2, 0.25) is 0 Å². The van der Waals surface area contributed by atoms with Gasteiger partial charge in [0.25, 0.3) is 0 Å². The highest BCUT2D eigenvalue weighted by Gasteiger charge is 2.28. The molecule has 0 spiro atoms. The van der Waals surface area contributed by atoms with Crippen molar-refractivity contribution in [1.82, 2.24) is 0 Å². The third-order valence-corrected chi connectivity index (χ3v) is 2.51. The normalized spacial score (nSPS) is 36.8. The Morgan fingerprint density at radius 1 is 1.33 bits per heavy atom. The van der Waals surface area contributed by atoms with Crippen LogP contribution >= 0.6 is 0 Å². The van der Waals surface area contributed by atoms with Crippen LogP contribution in [0, 0.1) is 5.92 Å². The monoisotopic (exact) mass is 172 g/mol. The lowest BCUT2D eigenvalue weighted by Crippen LogP contribution is -2.39. The molecule has 1 saturated heterocycles. The quantitative estimate of drug-likeness (QED) is 0.676. The zero-order valence-corrected chi connectivity index (χ0v) is 7.24. The Morgan fingerprint density at radius 2 is 2.17 bits per heavy atom. The van der Waals surface area contributed by atoms with Gasteiger partial charge in [0.1, 0.15) is 6.10 Å². The molecule has 2 fully saturated rings. The fourth-order valence-corrected chi connectivity index (χ4v) is 1.40. The van der Waals surface area contributed by atoms with Crippen molar-refractivity contribution < 1.29 is 14.6 Å². The second-order valence-electron chi connectivity index (χ2n) is 3.75. The average Bonchev–Trinajstić information content (AvgIpc) is 2.86. The first kappa shape index (κ1) is 8.48. The van der Waals surface area contributed by atoms with Crippen LogP contribution in [0.4, 0.5) is 0 Å². The molecule has 0 aromatic rings. The molecule has 3 nitrogen and oxygen atoms in total. The second-order valence-corrected chi connectivity index (χ2v) is 3.75. The van der Waals surface area contributed by atoms with Crippen molar-refractivity contribution in [3.63, 3.8) is 0 Å². The topological polar surface area (TPSA) is 38.7 Å². The van der Waals surface area contributed by atoms with Crippen molar-refractivity contribution in [1.29, 1.82) is 0 Å². The van der Waals surface area contributed by atoms with E-state index in [0.29, 0.717) is 13.2 Å². The van der Waals surface area contributed by atoms with E-state index in [2.05, 4.69) is 0 Å². The molecule has 0 amide bonds. The van der Waals surface area contributed by atoms with E-state index in [9.17, 15) is 5.11 Å². The van der Waals surface area contributed by atoms with Crippen molar-refractivity contribution in [2.75, 3.05) is 19.8 Å². The Morgan fingerprint density at radius 3 is 2.83 bits per heavy atom. The minimum atomic E-state index is -0.308. The first-order valence-electron chi connectivity index (χ1n) is 4.73. The maximum Gasteiger partial charge on any atom is 0.107 e. The van der Waals surface area contributed by atoms with Crippen molar-refractivity contribution >= 4 is 0 Å². The number of ether oxygens (including phenoxy) is 2. The van der Waals surface area contributed by atoms with Crippen LogP contribution in [0.1, 0.15) is 19.3 Å². The van der Waals surface area contributed by atoms with Crippen LogP contribution < -0.4 is 0 Å². The molecule has 3 heteroatoms. The maximum atomic E-state index is 9.50. The first-order valence-corrected chi connectivity index (χ1v) is 4.73. The molecule has 1 aliphatic heterocycles. The highest BCUT2D eigenvalue weighted by Crippen LogP contribution is 2.29. The van der Waals surface area contributed by atoms with E-state index >= 15 is 0 Å². The molecule has 0 bridgehead atoms. The molecule has 2 atom stereocenters. The fourth-order valence-electron chi connectivity index (χ4n) is 1.40. The van der Waals surface area contributed by atoms with Gasteiger partial charge in [0.15, 0.2) is 0 Å². The molecule has 1 heterocycles. The van der Waals surface area contributed by atoms with Crippen LogP contribution in [0.25, 0.3) is 0 Å². The summed E-state index contributed by atoms with van der Waals surface area (Å²) in [7, 11) is 0. The van der Waals surface area contributed by atoms with Crippen molar-refractivity contribution in [2.45, 2.75) is 31.5 Å². The summed E-state index contributed by atoms with van der Waals surface area (Å²) in [6.45, 7) is 2.05. The van der Waals surface area contributed by atoms with E-state index in [-0.39, 0.29) is 12.2 Å². The SMILES string of the molecule is OC1CCOCC1OCC1CC1. The predicted molar refractivity (Wildman–Crippen MR) is 43.9 cm³/mol. The Balaban J connectivity index is 1.68. The molecule has 0 aromatic heterocycles. The summed E-state index contributed by atoms with van der Waals surface area (Å²) in [4.78, 5) is 0. The third kappa shape index (κ3) is 2.19. The van der Waals surface area contributed by atoms with Gasteiger partial charge in [-0.05, 0) is 25.2 Å². The summed E-state index contributed by atoms with van der Waals surface area (Å²) in [5.41, 5.74) is 0. The minimum Gasteiger partial charge on any atom is -0.390 e. The Kier molecular flexibility index (Phi) is 2.63. The standard InChI is InChI=1S/C9H16O3/c10-8-3-4-11-6-9(8)12-5-7-1-2-7/h7-10H,1-6H2. The average molecular weight is 172 g/mol. The van der Waals surface area contributed by atoms with Crippen LogP contribution in [0.15, 0.2) is 0 Å². The van der Waals surface area contributed by atoms with Gasteiger partial charge in [0, 0.05) is 6.61 Å². The zero-order chi connectivity index (χ0) is 8.39. The van der Waals surface area contributed by atoms with Crippen LogP contribution in [0.5, 0.6) is 0 Å². The lowest BCUT2D eigenvalue weighted by Gasteiger charge is -2.27. The van der Waals surface area contributed by atoms with E-state index in [0.717, 1.165) is 18.9 Å². The Labute approximate surface area is 72.7 Å². The van der Waals surface area contributed by atoms with Gasteiger partial charge >= 0.3 is 0 Å². The summed E-state index contributed by atoms with van der Waals surface area (Å²) < 4.78 is 10.8. The molecule has 0 aromatic carbocycles. The molecule has 12 heavy (non-hydrogen) atoms. The Hall–Kier alpha value is -0.120. The fraction of sp³-hybridized carbons (Fsp3) is 1.00. The number of aliphatic hydroxyl groups is 1. The second kappa shape index (κ2) is 3.73. The smallest absolute Gasteiger partial charge is 0.107 e. The van der Waals surface area contributed by atoms with E-state index in [1.54, 1.807) is 0 Å². The molecule has 0 radical (unpaired) electrons. The van der Waals surface area contributed by atoms with Gasteiger partial charge in [-0.3, -0.25) is 0 Å². The molecule has 1 aliphatic carbocycles. The minimum absolute atomic E-state index is 0.0700. The molecule has 70 valence electrons. The zero-order valence-electron chi connectivity index (χ0n) is 7.24. The number of rotatable bonds is 3. The molecular formula is C9H16O3. The van der Waals surface area contributed by atoms with E-state index in [1.807, 2.05) is 0 Å². The van der Waals surface area contributed by atoms with Gasteiger partial charge in [-0.2, -0.15) is 0 Å². The van der Waals surface area contributed by atoms with Gasteiger partial charge in [-0.1, -0.05) is 0 Å².